The highest BCUT2D eigenvalue weighted by molar-refractivity contribution is 5.42. The van der Waals surface area contributed by atoms with E-state index in [2.05, 4.69) is 47.9 Å². The molecule has 0 aliphatic rings. The van der Waals surface area contributed by atoms with Crippen LogP contribution >= 0.6 is 0 Å². The lowest BCUT2D eigenvalue weighted by molar-refractivity contribution is 0.533. The minimum Gasteiger partial charge on any atom is -0.356 e. The van der Waals surface area contributed by atoms with Crippen molar-refractivity contribution in [1.29, 1.82) is 0 Å². The molecule has 1 heterocycles. The SMILES string of the molecule is CC(C)CCN(CCC(C)C)c1ccnc(NCCN)n1. The molecule has 0 radical (unpaired) electrons. The molecular weight excluding hydrogens is 262 g/mol. The van der Waals surface area contributed by atoms with Crippen molar-refractivity contribution in [2.24, 2.45) is 17.6 Å². The molecule has 1 rings (SSSR count). The number of rotatable bonds is 10. The van der Waals surface area contributed by atoms with Gasteiger partial charge >= 0.3 is 0 Å². The first-order chi connectivity index (χ1) is 10.0. The van der Waals surface area contributed by atoms with Gasteiger partial charge in [-0.05, 0) is 30.7 Å². The van der Waals surface area contributed by atoms with Crippen LogP contribution < -0.4 is 16.0 Å². The molecule has 21 heavy (non-hydrogen) atoms. The number of anilines is 2. The molecule has 0 aliphatic heterocycles. The summed E-state index contributed by atoms with van der Waals surface area (Å²) in [5.41, 5.74) is 5.51. The summed E-state index contributed by atoms with van der Waals surface area (Å²) >= 11 is 0. The zero-order valence-electron chi connectivity index (χ0n) is 14.0. The van der Waals surface area contributed by atoms with Gasteiger partial charge in [0.05, 0.1) is 0 Å². The molecule has 0 saturated carbocycles. The largest absolute Gasteiger partial charge is 0.356 e. The van der Waals surface area contributed by atoms with Crippen molar-refractivity contribution >= 4 is 11.8 Å². The van der Waals surface area contributed by atoms with E-state index in [9.17, 15) is 0 Å². The molecule has 0 fully saturated rings. The Bertz CT molecular complexity index is 380. The van der Waals surface area contributed by atoms with Crippen LogP contribution in [-0.4, -0.2) is 36.1 Å². The number of nitrogens with two attached hydrogens (primary N) is 1. The lowest BCUT2D eigenvalue weighted by Gasteiger charge is -2.25. The van der Waals surface area contributed by atoms with E-state index in [1.165, 1.54) is 12.8 Å². The van der Waals surface area contributed by atoms with E-state index >= 15 is 0 Å². The summed E-state index contributed by atoms with van der Waals surface area (Å²) in [5, 5.41) is 3.15. The van der Waals surface area contributed by atoms with Gasteiger partial charge in [0.15, 0.2) is 0 Å². The van der Waals surface area contributed by atoms with Gasteiger partial charge in [-0.3, -0.25) is 0 Å². The van der Waals surface area contributed by atoms with E-state index in [1.807, 2.05) is 12.3 Å². The third kappa shape index (κ3) is 7.27. The van der Waals surface area contributed by atoms with Gasteiger partial charge in [0.25, 0.3) is 0 Å². The Morgan fingerprint density at radius 1 is 1.14 bits per heavy atom. The average Bonchev–Trinajstić information content (AvgIpc) is 2.45. The fourth-order valence-electron chi connectivity index (χ4n) is 1.96. The van der Waals surface area contributed by atoms with Crippen LogP contribution in [0.4, 0.5) is 11.8 Å². The van der Waals surface area contributed by atoms with Gasteiger partial charge < -0.3 is 16.0 Å². The summed E-state index contributed by atoms with van der Waals surface area (Å²) in [6, 6.07) is 1.99. The maximum Gasteiger partial charge on any atom is 0.224 e. The van der Waals surface area contributed by atoms with Gasteiger partial charge in [0.1, 0.15) is 5.82 Å². The summed E-state index contributed by atoms with van der Waals surface area (Å²) in [6.07, 6.45) is 4.17. The van der Waals surface area contributed by atoms with Crippen LogP contribution in [0, 0.1) is 11.8 Å². The predicted octanol–water partition coefficient (Wildman–Crippen LogP) is 2.75. The molecule has 3 N–H and O–H groups in total. The van der Waals surface area contributed by atoms with Gasteiger partial charge in [0, 0.05) is 32.4 Å². The number of aromatic nitrogens is 2. The molecule has 0 atom stereocenters. The highest BCUT2D eigenvalue weighted by Gasteiger charge is 2.11. The monoisotopic (exact) mass is 293 g/mol. The normalized spacial score (nSPS) is 11.2. The van der Waals surface area contributed by atoms with Crippen LogP contribution in [0.3, 0.4) is 0 Å². The number of nitrogens with zero attached hydrogens (tertiary/aromatic N) is 3. The molecule has 120 valence electrons. The Balaban J connectivity index is 2.74. The van der Waals surface area contributed by atoms with Gasteiger partial charge in [-0.25, -0.2) is 4.98 Å². The molecule has 0 saturated heterocycles. The third-order valence-corrected chi connectivity index (χ3v) is 3.35. The summed E-state index contributed by atoms with van der Waals surface area (Å²) < 4.78 is 0. The molecule has 0 unspecified atom stereocenters. The van der Waals surface area contributed by atoms with Crippen molar-refractivity contribution in [1.82, 2.24) is 9.97 Å². The number of hydrogen-bond donors (Lipinski definition) is 2. The maximum atomic E-state index is 5.51. The molecule has 1 aromatic rings. The van der Waals surface area contributed by atoms with Crippen LogP contribution in [0.1, 0.15) is 40.5 Å². The Morgan fingerprint density at radius 2 is 1.76 bits per heavy atom. The smallest absolute Gasteiger partial charge is 0.224 e. The van der Waals surface area contributed by atoms with Crippen molar-refractivity contribution in [3.63, 3.8) is 0 Å². The van der Waals surface area contributed by atoms with E-state index in [-0.39, 0.29) is 0 Å². The second-order valence-electron chi connectivity index (χ2n) is 6.31. The second-order valence-corrected chi connectivity index (χ2v) is 6.31. The van der Waals surface area contributed by atoms with E-state index in [4.69, 9.17) is 5.73 Å². The third-order valence-electron chi connectivity index (χ3n) is 3.35. The van der Waals surface area contributed by atoms with Crippen molar-refractivity contribution in [2.75, 3.05) is 36.4 Å². The standard InChI is InChI=1S/C16H31N5/c1-13(2)6-11-21(12-7-14(3)4)15-5-9-18-16(20-15)19-10-8-17/h5,9,13-14H,6-8,10-12,17H2,1-4H3,(H,18,19,20). The summed E-state index contributed by atoms with van der Waals surface area (Å²) in [5.74, 6) is 3.06. The van der Waals surface area contributed by atoms with Crippen LogP contribution in [0.25, 0.3) is 0 Å². The van der Waals surface area contributed by atoms with E-state index in [0.29, 0.717) is 30.9 Å². The van der Waals surface area contributed by atoms with E-state index in [1.54, 1.807) is 0 Å². The lowest BCUT2D eigenvalue weighted by Crippen LogP contribution is -2.28. The molecule has 5 heteroatoms. The lowest BCUT2D eigenvalue weighted by atomic mass is 10.1. The first-order valence-corrected chi connectivity index (χ1v) is 8.04. The fraction of sp³-hybridized carbons (Fsp3) is 0.750. The first-order valence-electron chi connectivity index (χ1n) is 8.04. The van der Waals surface area contributed by atoms with Gasteiger partial charge in [0.2, 0.25) is 5.95 Å². The van der Waals surface area contributed by atoms with E-state index < -0.39 is 0 Å². The molecular formula is C16H31N5. The predicted molar refractivity (Wildman–Crippen MR) is 90.7 cm³/mol. The quantitative estimate of drug-likeness (QED) is 0.694. The molecule has 0 bridgehead atoms. The van der Waals surface area contributed by atoms with Crippen LogP contribution in [0.15, 0.2) is 12.3 Å². The molecule has 5 nitrogen and oxygen atoms in total. The van der Waals surface area contributed by atoms with Crippen molar-refractivity contribution in [2.45, 2.75) is 40.5 Å². The second kappa shape index (κ2) is 9.55. The Kier molecular flexibility index (Phi) is 8.05. The Labute approximate surface area is 129 Å². The van der Waals surface area contributed by atoms with Crippen LogP contribution in [-0.2, 0) is 0 Å². The summed E-state index contributed by atoms with van der Waals surface area (Å²) in [6.45, 7) is 12.4. The molecule has 1 aromatic heterocycles. The Morgan fingerprint density at radius 3 is 2.29 bits per heavy atom. The van der Waals surface area contributed by atoms with Gasteiger partial charge in [-0.2, -0.15) is 4.98 Å². The van der Waals surface area contributed by atoms with Crippen molar-refractivity contribution in [3.8, 4) is 0 Å². The highest BCUT2D eigenvalue weighted by atomic mass is 15.2. The highest BCUT2D eigenvalue weighted by Crippen LogP contribution is 2.16. The molecule has 0 spiro atoms. The number of nitrogens with one attached hydrogen (secondary N) is 1. The zero-order chi connectivity index (χ0) is 15.7. The summed E-state index contributed by atoms with van der Waals surface area (Å²) in [7, 11) is 0. The van der Waals surface area contributed by atoms with Crippen LogP contribution in [0.5, 0.6) is 0 Å². The summed E-state index contributed by atoms with van der Waals surface area (Å²) in [4.78, 5) is 11.2. The van der Waals surface area contributed by atoms with Crippen molar-refractivity contribution in [3.05, 3.63) is 12.3 Å². The van der Waals surface area contributed by atoms with Gasteiger partial charge in [-0.15, -0.1) is 0 Å². The number of hydrogen-bond acceptors (Lipinski definition) is 5. The Hall–Kier alpha value is -1.36. The maximum absolute atomic E-state index is 5.51. The van der Waals surface area contributed by atoms with E-state index in [0.717, 1.165) is 18.9 Å². The minimum absolute atomic E-state index is 0.581. The zero-order valence-corrected chi connectivity index (χ0v) is 14.0. The van der Waals surface area contributed by atoms with Crippen molar-refractivity contribution < 1.29 is 0 Å². The van der Waals surface area contributed by atoms with Gasteiger partial charge in [-0.1, -0.05) is 27.7 Å². The topological polar surface area (TPSA) is 67.1 Å². The molecule has 0 aliphatic carbocycles. The average molecular weight is 293 g/mol. The molecule has 0 aromatic carbocycles. The fourth-order valence-corrected chi connectivity index (χ4v) is 1.96. The first kappa shape index (κ1) is 17.7. The van der Waals surface area contributed by atoms with Crippen LogP contribution in [0.2, 0.25) is 0 Å². The minimum atomic E-state index is 0.581. The molecule has 0 amide bonds.